The third kappa shape index (κ3) is 2.23. The number of thiophene rings is 1. The van der Waals surface area contributed by atoms with E-state index in [1.165, 1.54) is 4.88 Å². The van der Waals surface area contributed by atoms with Gasteiger partial charge in [-0.3, -0.25) is 0 Å². The van der Waals surface area contributed by atoms with Crippen LogP contribution in [0.15, 0.2) is 46.6 Å². The molecule has 0 spiro atoms. The van der Waals surface area contributed by atoms with Gasteiger partial charge in [0.2, 0.25) is 11.7 Å². The Kier molecular flexibility index (Phi) is 2.82. The maximum atomic E-state index is 5.34. The Morgan fingerprint density at radius 3 is 3.10 bits per heavy atom. The van der Waals surface area contributed by atoms with Crippen LogP contribution in [0.2, 0.25) is 0 Å². The third-order valence-electron chi connectivity index (χ3n) is 3.36. The number of rotatable bonds is 3. The van der Waals surface area contributed by atoms with Gasteiger partial charge in [-0.15, -0.1) is 11.3 Å². The Morgan fingerprint density at radius 1 is 1.29 bits per heavy atom. The molecular weight excluding hydrogens is 284 g/mol. The summed E-state index contributed by atoms with van der Waals surface area (Å²) in [7, 11) is 1.97. The molecule has 0 fully saturated rings. The van der Waals surface area contributed by atoms with Crippen molar-refractivity contribution in [2.75, 3.05) is 0 Å². The first kappa shape index (κ1) is 12.3. The minimum absolute atomic E-state index is 0.615. The second kappa shape index (κ2) is 4.82. The molecule has 0 atom stereocenters. The lowest BCUT2D eigenvalue weighted by Gasteiger charge is -1.97. The summed E-state index contributed by atoms with van der Waals surface area (Å²) in [5.41, 5.74) is 2.95. The molecule has 0 saturated carbocycles. The molecule has 0 radical (unpaired) electrons. The highest BCUT2D eigenvalue weighted by atomic mass is 32.1. The lowest BCUT2D eigenvalue weighted by Crippen LogP contribution is -1.87. The van der Waals surface area contributed by atoms with E-state index in [4.69, 9.17) is 4.52 Å². The summed E-state index contributed by atoms with van der Waals surface area (Å²) in [5, 5.41) is 6.12. The van der Waals surface area contributed by atoms with Gasteiger partial charge < -0.3 is 9.09 Å². The van der Waals surface area contributed by atoms with E-state index in [0.29, 0.717) is 18.1 Å². The van der Waals surface area contributed by atoms with Crippen molar-refractivity contribution < 1.29 is 4.52 Å². The zero-order valence-corrected chi connectivity index (χ0v) is 12.2. The summed E-state index contributed by atoms with van der Waals surface area (Å²) in [6.45, 7) is 0. The number of imidazole rings is 1. The van der Waals surface area contributed by atoms with Crippen molar-refractivity contribution >= 4 is 22.4 Å². The summed E-state index contributed by atoms with van der Waals surface area (Å²) < 4.78 is 7.32. The summed E-state index contributed by atoms with van der Waals surface area (Å²) in [6, 6.07) is 10.1. The van der Waals surface area contributed by atoms with E-state index >= 15 is 0 Å². The Labute approximate surface area is 124 Å². The zero-order valence-electron chi connectivity index (χ0n) is 11.4. The van der Waals surface area contributed by atoms with Gasteiger partial charge >= 0.3 is 0 Å². The first-order chi connectivity index (χ1) is 10.3. The first-order valence-corrected chi connectivity index (χ1v) is 7.44. The van der Waals surface area contributed by atoms with Gasteiger partial charge in [-0.05, 0) is 29.6 Å². The molecule has 0 aliphatic carbocycles. The van der Waals surface area contributed by atoms with Crippen molar-refractivity contribution in [1.29, 1.82) is 0 Å². The summed E-state index contributed by atoms with van der Waals surface area (Å²) in [4.78, 5) is 10.00. The van der Waals surface area contributed by atoms with Gasteiger partial charge in [0.1, 0.15) is 0 Å². The number of aromatic nitrogens is 4. The zero-order chi connectivity index (χ0) is 14.2. The lowest BCUT2D eigenvalue weighted by molar-refractivity contribution is 0.386. The number of fused-ring (bicyclic) bond motifs is 1. The second-order valence-corrected chi connectivity index (χ2v) is 5.86. The monoisotopic (exact) mass is 296 g/mol. The molecule has 0 aliphatic rings. The fraction of sp³-hybridized carbons (Fsp3) is 0.133. The van der Waals surface area contributed by atoms with Gasteiger partial charge in [-0.2, -0.15) is 4.98 Å². The molecule has 0 amide bonds. The molecule has 21 heavy (non-hydrogen) atoms. The molecule has 0 unspecified atom stereocenters. The van der Waals surface area contributed by atoms with Crippen LogP contribution in [-0.2, 0) is 13.5 Å². The second-order valence-electron chi connectivity index (χ2n) is 4.83. The minimum Gasteiger partial charge on any atom is -0.339 e. The van der Waals surface area contributed by atoms with Crippen LogP contribution in [-0.4, -0.2) is 19.7 Å². The van der Waals surface area contributed by atoms with Crippen LogP contribution in [0.1, 0.15) is 10.8 Å². The smallest absolute Gasteiger partial charge is 0.232 e. The topological polar surface area (TPSA) is 56.7 Å². The number of hydrogen-bond acceptors (Lipinski definition) is 5. The molecule has 0 bridgehead atoms. The van der Waals surface area contributed by atoms with Gasteiger partial charge in [0, 0.05) is 17.5 Å². The summed E-state index contributed by atoms with van der Waals surface area (Å²) in [6.07, 6.45) is 2.48. The quantitative estimate of drug-likeness (QED) is 0.582. The molecule has 0 aliphatic heterocycles. The van der Waals surface area contributed by atoms with Gasteiger partial charge in [0.05, 0.1) is 23.8 Å². The van der Waals surface area contributed by atoms with E-state index < -0.39 is 0 Å². The maximum Gasteiger partial charge on any atom is 0.232 e. The van der Waals surface area contributed by atoms with Crippen molar-refractivity contribution in [1.82, 2.24) is 19.7 Å². The third-order valence-corrected chi connectivity index (χ3v) is 4.23. The predicted octanol–water partition coefficient (Wildman–Crippen LogP) is 3.28. The molecule has 104 valence electrons. The highest BCUT2D eigenvalue weighted by Crippen LogP contribution is 2.22. The van der Waals surface area contributed by atoms with Crippen molar-refractivity contribution in [3.8, 4) is 11.4 Å². The molecule has 1 aromatic carbocycles. The number of nitrogens with zero attached hydrogens (tertiary/aromatic N) is 4. The molecule has 3 heterocycles. The molecule has 4 aromatic rings. The standard InChI is InChI=1S/C15H12N4OS/c1-19-9-16-12-5-4-10(7-13(12)19)15-17-14(20-18-15)8-11-3-2-6-21-11/h2-7,9H,8H2,1H3. The van der Waals surface area contributed by atoms with Gasteiger partial charge in [0.25, 0.3) is 0 Å². The Bertz CT molecular complexity index is 892. The maximum absolute atomic E-state index is 5.34. The SMILES string of the molecule is Cn1cnc2ccc(-c3noc(Cc4cccs4)n3)cc21. The van der Waals surface area contributed by atoms with Crippen molar-refractivity contribution in [2.45, 2.75) is 6.42 Å². The lowest BCUT2D eigenvalue weighted by atomic mass is 10.2. The Balaban J connectivity index is 1.68. The Morgan fingerprint density at radius 2 is 2.24 bits per heavy atom. The van der Waals surface area contributed by atoms with Crippen LogP contribution in [0.25, 0.3) is 22.4 Å². The normalized spacial score (nSPS) is 11.3. The van der Waals surface area contributed by atoms with Crippen LogP contribution in [0.3, 0.4) is 0 Å². The van der Waals surface area contributed by atoms with Crippen molar-refractivity contribution in [3.05, 3.63) is 52.8 Å². The minimum atomic E-state index is 0.615. The Hall–Kier alpha value is -2.47. The van der Waals surface area contributed by atoms with Crippen molar-refractivity contribution in [2.24, 2.45) is 7.05 Å². The first-order valence-electron chi connectivity index (χ1n) is 6.56. The molecular formula is C15H12N4OS. The van der Waals surface area contributed by atoms with Crippen LogP contribution >= 0.6 is 11.3 Å². The fourth-order valence-electron chi connectivity index (χ4n) is 2.27. The molecule has 3 aromatic heterocycles. The highest BCUT2D eigenvalue weighted by Gasteiger charge is 2.11. The molecule has 4 rings (SSSR count). The summed E-state index contributed by atoms with van der Waals surface area (Å²) >= 11 is 1.69. The number of benzene rings is 1. The van der Waals surface area contributed by atoms with E-state index in [2.05, 4.69) is 21.2 Å². The highest BCUT2D eigenvalue weighted by molar-refractivity contribution is 7.09. The summed E-state index contributed by atoms with van der Waals surface area (Å²) in [5.74, 6) is 1.25. The van der Waals surface area contributed by atoms with Crippen molar-refractivity contribution in [3.63, 3.8) is 0 Å². The predicted molar refractivity (Wildman–Crippen MR) is 81.1 cm³/mol. The number of aryl methyl sites for hydroxylation is 1. The van der Waals surface area contributed by atoms with E-state index in [9.17, 15) is 0 Å². The number of hydrogen-bond donors (Lipinski definition) is 0. The largest absolute Gasteiger partial charge is 0.339 e. The van der Waals surface area contributed by atoms with Crippen LogP contribution in [0.5, 0.6) is 0 Å². The molecule has 5 nitrogen and oxygen atoms in total. The van der Waals surface area contributed by atoms with Gasteiger partial charge in [0.15, 0.2) is 0 Å². The average Bonchev–Trinajstić information content (AvgIpc) is 3.22. The van der Waals surface area contributed by atoms with Gasteiger partial charge in [-0.25, -0.2) is 4.98 Å². The van der Waals surface area contributed by atoms with E-state index in [1.807, 2.05) is 41.3 Å². The van der Waals surface area contributed by atoms with E-state index in [0.717, 1.165) is 16.6 Å². The average molecular weight is 296 g/mol. The molecule has 6 heteroatoms. The van der Waals surface area contributed by atoms with Crippen LogP contribution in [0.4, 0.5) is 0 Å². The van der Waals surface area contributed by atoms with E-state index in [-0.39, 0.29) is 0 Å². The van der Waals surface area contributed by atoms with Crippen LogP contribution in [0, 0.1) is 0 Å². The van der Waals surface area contributed by atoms with E-state index in [1.54, 1.807) is 17.7 Å². The fourth-order valence-corrected chi connectivity index (χ4v) is 2.97. The van der Waals surface area contributed by atoms with Crippen LogP contribution < -0.4 is 0 Å². The molecule has 0 N–H and O–H groups in total. The van der Waals surface area contributed by atoms with Gasteiger partial charge in [-0.1, -0.05) is 11.2 Å². The molecule has 0 saturated heterocycles.